The van der Waals surface area contributed by atoms with Crippen LogP contribution in [0.4, 0.5) is 4.39 Å². The zero-order valence-electron chi connectivity index (χ0n) is 14.2. The van der Waals surface area contributed by atoms with Crippen molar-refractivity contribution in [1.82, 2.24) is 9.55 Å². The summed E-state index contributed by atoms with van der Waals surface area (Å²) in [6, 6.07) is 13.5. The standard InChI is InChI=1S/C20H19FN2O2S/c21-16-9-2-4-11-18(16)23-19(24)15-8-1-3-10-17(15)22-20(23)26-13-14-7-5-6-12-25-14/h1-4,8-11,14H,5-7,12-13H2/t14-/m1/s1. The van der Waals surface area contributed by atoms with Crippen molar-refractivity contribution in [3.8, 4) is 5.69 Å². The molecule has 4 nitrogen and oxygen atoms in total. The molecule has 134 valence electrons. The van der Waals surface area contributed by atoms with Crippen LogP contribution in [0.3, 0.4) is 0 Å². The third kappa shape index (κ3) is 3.39. The van der Waals surface area contributed by atoms with Crippen LogP contribution in [0.15, 0.2) is 58.5 Å². The molecule has 1 aliphatic heterocycles. The smallest absolute Gasteiger partial charge is 0.266 e. The highest BCUT2D eigenvalue weighted by molar-refractivity contribution is 7.99. The average Bonchev–Trinajstić information content (AvgIpc) is 2.68. The van der Waals surface area contributed by atoms with Crippen LogP contribution in [0.25, 0.3) is 16.6 Å². The molecule has 0 N–H and O–H groups in total. The van der Waals surface area contributed by atoms with Gasteiger partial charge in [-0.15, -0.1) is 0 Å². The van der Waals surface area contributed by atoms with Gasteiger partial charge in [0.2, 0.25) is 0 Å². The fourth-order valence-electron chi connectivity index (χ4n) is 3.16. The number of hydrogen-bond donors (Lipinski definition) is 0. The molecule has 1 atom stereocenters. The molecule has 0 bridgehead atoms. The van der Waals surface area contributed by atoms with Crippen molar-refractivity contribution < 1.29 is 9.13 Å². The molecule has 1 aromatic heterocycles. The Morgan fingerprint density at radius 3 is 2.77 bits per heavy atom. The third-order valence-corrected chi connectivity index (χ3v) is 5.58. The van der Waals surface area contributed by atoms with Crippen LogP contribution >= 0.6 is 11.8 Å². The number of para-hydroxylation sites is 2. The monoisotopic (exact) mass is 370 g/mol. The molecule has 1 aliphatic rings. The SMILES string of the molecule is O=c1c2ccccc2nc(SC[C@H]2CCCCO2)n1-c1ccccc1F. The van der Waals surface area contributed by atoms with Gasteiger partial charge in [-0.3, -0.25) is 9.36 Å². The van der Waals surface area contributed by atoms with Crippen LogP contribution in [0.2, 0.25) is 0 Å². The van der Waals surface area contributed by atoms with Crippen LogP contribution in [0.5, 0.6) is 0 Å². The first-order valence-corrected chi connectivity index (χ1v) is 9.74. The average molecular weight is 370 g/mol. The van der Waals surface area contributed by atoms with Crippen molar-refractivity contribution in [2.75, 3.05) is 12.4 Å². The fourth-order valence-corrected chi connectivity index (χ4v) is 4.23. The molecule has 6 heteroatoms. The summed E-state index contributed by atoms with van der Waals surface area (Å²) in [5, 5.41) is 0.974. The number of hydrogen-bond acceptors (Lipinski definition) is 4. The summed E-state index contributed by atoms with van der Waals surface area (Å²) in [4.78, 5) is 17.7. The van der Waals surface area contributed by atoms with Crippen molar-refractivity contribution in [3.05, 3.63) is 64.7 Å². The minimum atomic E-state index is -0.442. The maximum Gasteiger partial charge on any atom is 0.266 e. The number of halogens is 1. The van der Waals surface area contributed by atoms with Crippen LogP contribution in [-0.4, -0.2) is 28.0 Å². The Balaban J connectivity index is 1.80. The van der Waals surface area contributed by atoms with Gasteiger partial charge < -0.3 is 4.74 Å². The summed E-state index contributed by atoms with van der Waals surface area (Å²) in [5.41, 5.74) is 0.590. The Labute approximate surface area is 155 Å². The summed E-state index contributed by atoms with van der Waals surface area (Å²) in [5.74, 6) is 0.252. The zero-order valence-corrected chi connectivity index (χ0v) is 15.0. The van der Waals surface area contributed by atoms with Gasteiger partial charge in [-0.05, 0) is 43.5 Å². The zero-order chi connectivity index (χ0) is 17.9. The van der Waals surface area contributed by atoms with Crippen molar-refractivity contribution in [2.45, 2.75) is 30.5 Å². The fraction of sp³-hybridized carbons (Fsp3) is 0.300. The van der Waals surface area contributed by atoms with E-state index in [1.54, 1.807) is 30.3 Å². The van der Waals surface area contributed by atoms with Gasteiger partial charge >= 0.3 is 0 Å². The Hall–Kier alpha value is -2.18. The molecule has 2 aromatic carbocycles. The van der Waals surface area contributed by atoms with Crippen molar-refractivity contribution in [2.24, 2.45) is 0 Å². The number of ether oxygens (including phenoxy) is 1. The number of fused-ring (bicyclic) bond motifs is 1. The molecule has 2 heterocycles. The Kier molecular flexibility index (Phi) is 5.04. The molecule has 0 aliphatic carbocycles. The lowest BCUT2D eigenvalue weighted by Gasteiger charge is -2.22. The van der Waals surface area contributed by atoms with Gasteiger partial charge in [-0.25, -0.2) is 9.37 Å². The highest BCUT2D eigenvalue weighted by atomic mass is 32.2. The van der Waals surface area contributed by atoms with E-state index in [1.807, 2.05) is 12.1 Å². The Morgan fingerprint density at radius 1 is 1.15 bits per heavy atom. The molecule has 0 amide bonds. The van der Waals surface area contributed by atoms with E-state index in [0.29, 0.717) is 21.8 Å². The molecule has 4 rings (SSSR count). The van der Waals surface area contributed by atoms with Crippen molar-refractivity contribution in [1.29, 1.82) is 0 Å². The first-order valence-electron chi connectivity index (χ1n) is 8.75. The van der Waals surface area contributed by atoms with Gasteiger partial charge in [0.1, 0.15) is 5.82 Å². The molecule has 0 unspecified atom stereocenters. The molecule has 0 radical (unpaired) electrons. The third-order valence-electron chi connectivity index (χ3n) is 4.51. The first kappa shape index (κ1) is 17.2. The van der Waals surface area contributed by atoms with E-state index in [-0.39, 0.29) is 17.4 Å². The summed E-state index contributed by atoms with van der Waals surface area (Å²) >= 11 is 1.45. The summed E-state index contributed by atoms with van der Waals surface area (Å²) in [6.45, 7) is 0.774. The molecule has 0 saturated carbocycles. The highest BCUT2D eigenvalue weighted by Crippen LogP contribution is 2.26. The number of aromatic nitrogens is 2. The quantitative estimate of drug-likeness (QED) is 0.510. The van der Waals surface area contributed by atoms with Gasteiger partial charge in [-0.2, -0.15) is 0 Å². The lowest BCUT2D eigenvalue weighted by molar-refractivity contribution is 0.0315. The second-order valence-corrected chi connectivity index (χ2v) is 7.29. The summed E-state index contributed by atoms with van der Waals surface area (Å²) < 4.78 is 21.6. The largest absolute Gasteiger partial charge is 0.377 e. The second-order valence-electron chi connectivity index (χ2n) is 6.30. The molecule has 3 aromatic rings. The van der Waals surface area contributed by atoms with E-state index in [1.165, 1.54) is 22.4 Å². The Bertz CT molecular complexity index is 983. The van der Waals surface area contributed by atoms with E-state index >= 15 is 0 Å². The lowest BCUT2D eigenvalue weighted by Crippen LogP contribution is -2.25. The van der Waals surface area contributed by atoms with Gasteiger partial charge in [0, 0.05) is 12.4 Å². The Morgan fingerprint density at radius 2 is 1.96 bits per heavy atom. The van der Waals surface area contributed by atoms with Gasteiger partial charge in [0.05, 0.1) is 22.7 Å². The van der Waals surface area contributed by atoms with Crippen LogP contribution in [0, 0.1) is 5.82 Å². The van der Waals surface area contributed by atoms with Gasteiger partial charge in [-0.1, -0.05) is 36.0 Å². The maximum absolute atomic E-state index is 14.4. The van der Waals surface area contributed by atoms with E-state index in [0.717, 1.165) is 25.9 Å². The van der Waals surface area contributed by atoms with Gasteiger partial charge in [0.15, 0.2) is 5.16 Å². The van der Waals surface area contributed by atoms with Crippen LogP contribution in [-0.2, 0) is 4.74 Å². The molecule has 26 heavy (non-hydrogen) atoms. The molecular weight excluding hydrogens is 351 g/mol. The minimum absolute atomic E-state index is 0.145. The van der Waals surface area contributed by atoms with Crippen LogP contribution in [0.1, 0.15) is 19.3 Å². The number of nitrogens with zero attached hydrogens (tertiary/aromatic N) is 2. The number of thioether (sulfide) groups is 1. The molecule has 1 fully saturated rings. The topological polar surface area (TPSA) is 44.1 Å². The highest BCUT2D eigenvalue weighted by Gasteiger charge is 2.19. The van der Waals surface area contributed by atoms with Gasteiger partial charge in [0.25, 0.3) is 5.56 Å². The molecule has 1 saturated heterocycles. The number of rotatable bonds is 4. The van der Waals surface area contributed by atoms with Crippen molar-refractivity contribution in [3.63, 3.8) is 0 Å². The first-order chi connectivity index (χ1) is 12.7. The minimum Gasteiger partial charge on any atom is -0.377 e. The second kappa shape index (κ2) is 7.60. The maximum atomic E-state index is 14.4. The predicted molar refractivity (Wildman–Crippen MR) is 102 cm³/mol. The normalized spacial score (nSPS) is 17.5. The summed E-state index contributed by atoms with van der Waals surface area (Å²) in [7, 11) is 0. The van der Waals surface area contributed by atoms with E-state index in [2.05, 4.69) is 4.98 Å². The van der Waals surface area contributed by atoms with Crippen molar-refractivity contribution >= 4 is 22.7 Å². The number of benzene rings is 2. The predicted octanol–water partition coefficient (Wildman–Crippen LogP) is 4.19. The molecule has 0 spiro atoms. The lowest BCUT2D eigenvalue weighted by atomic mass is 10.1. The molecular formula is C20H19FN2O2S. The van der Waals surface area contributed by atoms with E-state index < -0.39 is 5.82 Å². The summed E-state index contributed by atoms with van der Waals surface area (Å²) in [6.07, 6.45) is 3.39. The van der Waals surface area contributed by atoms with E-state index in [4.69, 9.17) is 4.74 Å². The van der Waals surface area contributed by atoms with Crippen LogP contribution < -0.4 is 5.56 Å². The van der Waals surface area contributed by atoms with E-state index in [9.17, 15) is 9.18 Å².